The molecule has 3 rings (SSSR count). The quantitative estimate of drug-likeness (QED) is 0.910. The Labute approximate surface area is 131 Å². The molecule has 3 nitrogen and oxygen atoms in total. The molecule has 0 saturated heterocycles. The highest BCUT2D eigenvalue weighted by Gasteiger charge is 2.31. The lowest BCUT2D eigenvalue weighted by atomic mass is 9.93. The van der Waals surface area contributed by atoms with Crippen molar-refractivity contribution >= 4 is 5.91 Å². The number of amides is 1. The molecule has 0 heterocycles. The zero-order valence-electron chi connectivity index (χ0n) is 12.6. The maximum absolute atomic E-state index is 12.4. The molecule has 1 fully saturated rings. The first-order valence-corrected chi connectivity index (χ1v) is 7.91. The Kier molecular flexibility index (Phi) is 4.54. The van der Waals surface area contributed by atoms with Gasteiger partial charge in [-0.25, -0.2) is 0 Å². The molecule has 3 heteroatoms. The van der Waals surface area contributed by atoms with Gasteiger partial charge < -0.3 is 11.1 Å². The molecule has 1 aliphatic rings. The van der Waals surface area contributed by atoms with E-state index in [9.17, 15) is 4.79 Å². The number of benzene rings is 2. The van der Waals surface area contributed by atoms with Gasteiger partial charge in [0.25, 0.3) is 0 Å². The van der Waals surface area contributed by atoms with Gasteiger partial charge in [-0.15, -0.1) is 0 Å². The molecule has 2 aromatic carbocycles. The lowest BCUT2D eigenvalue weighted by molar-refractivity contribution is -0.123. The van der Waals surface area contributed by atoms with Crippen LogP contribution in [0.25, 0.3) is 0 Å². The zero-order valence-corrected chi connectivity index (χ0v) is 12.6. The molecule has 3 N–H and O–H groups in total. The number of hydrogen-bond acceptors (Lipinski definition) is 2. The standard InChI is InChI=1S/C19H22N2O/c20-18(15-10-5-2-6-11-15)19(22)21-17-13-7-12-16(17)14-8-3-1-4-9-14/h1-6,8-11,16-18H,7,12-13,20H2,(H,21,22). The third kappa shape index (κ3) is 3.20. The Morgan fingerprint density at radius 1 is 1.00 bits per heavy atom. The maximum Gasteiger partial charge on any atom is 0.241 e. The van der Waals surface area contributed by atoms with Gasteiger partial charge in [-0.3, -0.25) is 4.79 Å². The van der Waals surface area contributed by atoms with E-state index in [1.54, 1.807) is 0 Å². The van der Waals surface area contributed by atoms with Crippen LogP contribution in [-0.2, 0) is 4.79 Å². The normalized spacial score (nSPS) is 22.2. The summed E-state index contributed by atoms with van der Waals surface area (Å²) in [6, 6.07) is 19.6. The summed E-state index contributed by atoms with van der Waals surface area (Å²) in [7, 11) is 0. The molecule has 3 atom stereocenters. The van der Waals surface area contributed by atoms with E-state index in [1.165, 1.54) is 5.56 Å². The summed E-state index contributed by atoms with van der Waals surface area (Å²) in [5.74, 6) is 0.312. The largest absolute Gasteiger partial charge is 0.351 e. The SMILES string of the molecule is NC(C(=O)NC1CCCC1c1ccccc1)c1ccccc1. The predicted molar refractivity (Wildman–Crippen MR) is 88.3 cm³/mol. The van der Waals surface area contributed by atoms with Crippen molar-refractivity contribution < 1.29 is 4.79 Å². The minimum atomic E-state index is -0.599. The van der Waals surface area contributed by atoms with Crippen molar-refractivity contribution in [3.63, 3.8) is 0 Å². The fourth-order valence-corrected chi connectivity index (χ4v) is 3.32. The second kappa shape index (κ2) is 6.75. The average molecular weight is 294 g/mol. The minimum absolute atomic E-state index is 0.0842. The molecule has 1 amide bonds. The highest BCUT2D eigenvalue weighted by Crippen LogP contribution is 2.34. The molecule has 0 bridgehead atoms. The van der Waals surface area contributed by atoms with Crippen LogP contribution in [0.4, 0.5) is 0 Å². The van der Waals surface area contributed by atoms with E-state index in [0.717, 1.165) is 24.8 Å². The number of hydrogen-bond donors (Lipinski definition) is 2. The maximum atomic E-state index is 12.4. The summed E-state index contributed by atoms with van der Waals surface area (Å²) in [5, 5.41) is 3.16. The van der Waals surface area contributed by atoms with Gasteiger partial charge in [0, 0.05) is 12.0 Å². The molecule has 0 aliphatic heterocycles. The monoisotopic (exact) mass is 294 g/mol. The van der Waals surface area contributed by atoms with E-state index in [2.05, 4.69) is 29.6 Å². The van der Waals surface area contributed by atoms with Gasteiger partial charge in [-0.1, -0.05) is 67.1 Å². The summed E-state index contributed by atoms with van der Waals surface area (Å²) in [6.07, 6.45) is 3.29. The molecule has 0 radical (unpaired) electrons. The van der Waals surface area contributed by atoms with Gasteiger partial charge in [0.05, 0.1) is 0 Å². The van der Waals surface area contributed by atoms with Crippen LogP contribution >= 0.6 is 0 Å². The Balaban J connectivity index is 1.68. The fraction of sp³-hybridized carbons (Fsp3) is 0.316. The highest BCUT2D eigenvalue weighted by molar-refractivity contribution is 5.83. The number of carbonyl (C=O) groups excluding carboxylic acids is 1. The second-order valence-electron chi connectivity index (χ2n) is 5.95. The van der Waals surface area contributed by atoms with Gasteiger partial charge >= 0.3 is 0 Å². The molecular weight excluding hydrogens is 272 g/mol. The molecule has 1 saturated carbocycles. The third-order valence-electron chi connectivity index (χ3n) is 4.51. The van der Waals surface area contributed by atoms with Crippen molar-refractivity contribution in [1.29, 1.82) is 0 Å². The molecular formula is C19H22N2O. The number of rotatable bonds is 4. The first kappa shape index (κ1) is 14.8. The van der Waals surface area contributed by atoms with Gasteiger partial charge in [-0.05, 0) is 24.0 Å². The van der Waals surface area contributed by atoms with E-state index in [4.69, 9.17) is 5.73 Å². The fourth-order valence-electron chi connectivity index (χ4n) is 3.32. The van der Waals surface area contributed by atoms with Crippen LogP contribution in [0.15, 0.2) is 60.7 Å². The number of nitrogens with one attached hydrogen (secondary N) is 1. The van der Waals surface area contributed by atoms with Crippen molar-refractivity contribution in [2.75, 3.05) is 0 Å². The number of nitrogens with two attached hydrogens (primary N) is 1. The first-order chi connectivity index (χ1) is 10.8. The summed E-state index contributed by atoms with van der Waals surface area (Å²) in [6.45, 7) is 0. The molecule has 0 aromatic heterocycles. The third-order valence-corrected chi connectivity index (χ3v) is 4.51. The van der Waals surface area contributed by atoms with E-state index < -0.39 is 6.04 Å². The van der Waals surface area contributed by atoms with Crippen LogP contribution in [0.2, 0.25) is 0 Å². The van der Waals surface area contributed by atoms with Crippen molar-refractivity contribution in [1.82, 2.24) is 5.32 Å². The van der Waals surface area contributed by atoms with Crippen molar-refractivity contribution in [3.05, 3.63) is 71.8 Å². The van der Waals surface area contributed by atoms with Crippen LogP contribution in [0.1, 0.15) is 42.3 Å². The summed E-state index contributed by atoms with van der Waals surface area (Å²) >= 11 is 0. The minimum Gasteiger partial charge on any atom is -0.351 e. The van der Waals surface area contributed by atoms with Crippen molar-refractivity contribution in [2.24, 2.45) is 5.73 Å². The smallest absolute Gasteiger partial charge is 0.241 e. The Hall–Kier alpha value is -2.13. The molecule has 3 unspecified atom stereocenters. The molecule has 2 aromatic rings. The van der Waals surface area contributed by atoms with E-state index >= 15 is 0 Å². The first-order valence-electron chi connectivity index (χ1n) is 7.91. The molecule has 114 valence electrons. The Morgan fingerprint density at radius 3 is 2.32 bits per heavy atom. The van der Waals surface area contributed by atoms with Crippen molar-refractivity contribution in [3.8, 4) is 0 Å². The van der Waals surface area contributed by atoms with E-state index in [0.29, 0.717) is 5.92 Å². The molecule has 0 spiro atoms. The predicted octanol–water partition coefficient (Wildman–Crippen LogP) is 3.14. The lowest BCUT2D eigenvalue weighted by Gasteiger charge is -2.23. The van der Waals surface area contributed by atoms with E-state index in [1.807, 2.05) is 36.4 Å². The average Bonchev–Trinajstić information content (AvgIpc) is 3.04. The number of carbonyl (C=O) groups is 1. The zero-order chi connectivity index (χ0) is 15.4. The molecule has 22 heavy (non-hydrogen) atoms. The highest BCUT2D eigenvalue weighted by atomic mass is 16.2. The lowest BCUT2D eigenvalue weighted by Crippen LogP contribution is -2.41. The van der Waals surface area contributed by atoms with Gasteiger partial charge in [0.1, 0.15) is 6.04 Å². The Bertz CT molecular complexity index is 612. The van der Waals surface area contributed by atoms with Crippen LogP contribution in [0.3, 0.4) is 0 Å². The summed E-state index contributed by atoms with van der Waals surface area (Å²) in [5.41, 5.74) is 8.25. The van der Waals surface area contributed by atoms with Crippen LogP contribution in [0, 0.1) is 0 Å². The van der Waals surface area contributed by atoms with Crippen LogP contribution in [0.5, 0.6) is 0 Å². The Morgan fingerprint density at radius 2 is 1.64 bits per heavy atom. The second-order valence-corrected chi connectivity index (χ2v) is 5.95. The van der Waals surface area contributed by atoms with Crippen LogP contribution in [-0.4, -0.2) is 11.9 Å². The van der Waals surface area contributed by atoms with Crippen LogP contribution < -0.4 is 11.1 Å². The van der Waals surface area contributed by atoms with Gasteiger partial charge in [0.2, 0.25) is 5.91 Å². The summed E-state index contributed by atoms with van der Waals surface area (Å²) in [4.78, 5) is 12.4. The van der Waals surface area contributed by atoms with E-state index in [-0.39, 0.29) is 11.9 Å². The molecule has 1 aliphatic carbocycles. The topological polar surface area (TPSA) is 55.1 Å². The van der Waals surface area contributed by atoms with Crippen molar-refractivity contribution in [2.45, 2.75) is 37.3 Å². The van der Waals surface area contributed by atoms with Gasteiger partial charge in [0.15, 0.2) is 0 Å². The van der Waals surface area contributed by atoms with Gasteiger partial charge in [-0.2, -0.15) is 0 Å². The summed E-state index contributed by atoms with van der Waals surface area (Å²) < 4.78 is 0.